The quantitative estimate of drug-likeness (QED) is 0.840. The van der Waals surface area contributed by atoms with Crippen LogP contribution in [-0.2, 0) is 6.54 Å². The van der Waals surface area contributed by atoms with Crippen molar-refractivity contribution in [1.29, 1.82) is 5.26 Å². The minimum Gasteiger partial charge on any atom is -0.337 e. The Morgan fingerprint density at radius 2 is 2.05 bits per heavy atom. The summed E-state index contributed by atoms with van der Waals surface area (Å²) in [5.41, 5.74) is 1.79. The SMILES string of the molecule is CN(Cc1ccccc1)C(=O)c1ccnc(C#N)c1. The van der Waals surface area contributed by atoms with Crippen LogP contribution in [0.2, 0.25) is 0 Å². The third-order valence-electron chi connectivity index (χ3n) is 2.73. The summed E-state index contributed by atoms with van der Waals surface area (Å²) < 4.78 is 0. The van der Waals surface area contributed by atoms with Gasteiger partial charge in [0.2, 0.25) is 0 Å². The highest BCUT2D eigenvalue weighted by molar-refractivity contribution is 5.94. The highest BCUT2D eigenvalue weighted by Gasteiger charge is 2.12. The van der Waals surface area contributed by atoms with Crippen LogP contribution in [0.1, 0.15) is 21.6 Å². The van der Waals surface area contributed by atoms with E-state index in [1.165, 1.54) is 12.3 Å². The highest BCUT2D eigenvalue weighted by Crippen LogP contribution is 2.08. The van der Waals surface area contributed by atoms with E-state index in [2.05, 4.69) is 4.98 Å². The van der Waals surface area contributed by atoms with Crippen molar-refractivity contribution in [2.24, 2.45) is 0 Å². The van der Waals surface area contributed by atoms with E-state index in [-0.39, 0.29) is 11.6 Å². The fourth-order valence-corrected chi connectivity index (χ4v) is 1.77. The zero-order valence-electron chi connectivity index (χ0n) is 10.6. The minimum atomic E-state index is -0.122. The lowest BCUT2D eigenvalue weighted by Crippen LogP contribution is -2.26. The Hall–Kier alpha value is -2.67. The monoisotopic (exact) mass is 251 g/mol. The van der Waals surface area contributed by atoms with Gasteiger partial charge in [0.1, 0.15) is 11.8 Å². The lowest BCUT2D eigenvalue weighted by molar-refractivity contribution is 0.0785. The van der Waals surface area contributed by atoms with E-state index >= 15 is 0 Å². The van der Waals surface area contributed by atoms with Gasteiger partial charge in [-0.25, -0.2) is 4.98 Å². The number of carbonyl (C=O) groups is 1. The van der Waals surface area contributed by atoms with Gasteiger partial charge in [-0.3, -0.25) is 4.79 Å². The first-order valence-electron chi connectivity index (χ1n) is 5.86. The Balaban J connectivity index is 2.13. The molecule has 0 aliphatic rings. The predicted octanol–water partition coefficient (Wildman–Crippen LogP) is 2.23. The minimum absolute atomic E-state index is 0.122. The molecule has 1 aromatic carbocycles. The molecule has 0 aliphatic heterocycles. The second kappa shape index (κ2) is 5.78. The summed E-state index contributed by atoms with van der Waals surface area (Å²) in [6.07, 6.45) is 1.47. The Morgan fingerprint density at radius 3 is 2.74 bits per heavy atom. The molecule has 2 rings (SSSR count). The summed E-state index contributed by atoms with van der Waals surface area (Å²) in [6, 6.07) is 14.8. The number of carbonyl (C=O) groups excluding carboxylic acids is 1. The van der Waals surface area contributed by atoms with Crippen molar-refractivity contribution in [3.8, 4) is 6.07 Å². The molecule has 0 spiro atoms. The van der Waals surface area contributed by atoms with Gasteiger partial charge >= 0.3 is 0 Å². The van der Waals surface area contributed by atoms with Crippen molar-refractivity contribution in [2.75, 3.05) is 7.05 Å². The highest BCUT2D eigenvalue weighted by atomic mass is 16.2. The number of benzene rings is 1. The van der Waals surface area contributed by atoms with Gasteiger partial charge in [-0.05, 0) is 17.7 Å². The fraction of sp³-hybridized carbons (Fsp3) is 0.133. The van der Waals surface area contributed by atoms with Crippen LogP contribution in [0.3, 0.4) is 0 Å². The van der Waals surface area contributed by atoms with Crippen LogP contribution in [0.4, 0.5) is 0 Å². The van der Waals surface area contributed by atoms with Gasteiger partial charge in [-0.2, -0.15) is 5.26 Å². The summed E-state index contributed by atoms with van der Waals surface area (Å²) >= 11 is 0. The first kappa shape index (κ1) is 12.8. The number of nitrogens with zero attached hydrogens (tertiary/aromatic N) is 3. The topological polar surface area (TPSA) is 57.0 Å². The first-order valence-corrected chi connectivity index (χ1v) is 5.86. The summed E-state index contributed by atoms with van der Waals surface area (Å²) in [5.74, 6) is -0.122. The van der Waals surface area contributed by atoms with Crippen LogP contribution in [0, 0.1) is 11.3 Å². The van der Waals surface area contributed by atoms with Crippen molar-refractivity contribution < 1.29 is 4.79 Å². The molecule has 2 aromatic rings. The maximum Gasteiger partial charge on any atom is 0.254 e. The molecule has 0 saturated carbocycles. The lowest BCUT2D eigenvalue weighted by atomic mass is 10.2. The van der Waals surface area contributed by atoms with E-state index in [9.17, 15) is 4.79 Å². The molecule has 0 saturated heterocycles. The van der Waals surface area contributed by atoms with Crippen LogP contribution in [-0.4, -0.2) is 22.8 Å². The summed E-state index contributed by atoms with van der Waals surface area (Å²) in [5, 5.41) is 8.78. The van der Waals surface area contributed by atoms with E-state index < -0.39 is 0 Å². The van der Waals surface area contributed by atoms with Crippen LogP contribution >= 0.6 is 0 Å². The number of nitriles is 1. The molecule has 0 atom stereocenters. The Bertz CT molecular complexity index is 617. The molecule has 0 fully saturated rings. The molecular formula is C15H13N3O. The molecular weight excluding hydrogens is 238 g/mol. The van der Waals surface area contributed by atoms with Gasteiger partial charge in [-0.15, -0.1) is 0 Å². The number of hydrogen-bond donors (Lipinski definition) is 0. The fourth-order valence-electron chi connectivity index (χ4n) is 1.77. The zero-order valence-corrected chi connectivity index (χ0v) is 10.6. The molecule has 0 unspecified atom stereocenters. The van der Waals surface area contributed by atoms with Gasteiger partial charge in [-0.1, -0.05) is 30.3 Å². The number of amides is 1. The normalized spacial score (nSPS) is 9.68. The molecule has 0 bridgehead atoms. The molecule has 1 heterocycles. The van der Waals surface area contributed by atoms with Crippen molar-refractivity contribution >= 4 is 5.91 Å². The van der Waals surface area contributed by atoms with Crippen molar-refractivity contribution in [3.63, 3.8) is 0 Å². The molecule has 1 amide bonds. The second-order valence-electron chi connectivity index (χ2n) is 4.19. The maximum atomic E-state index is 12.2. The van der Waals surface area contributed by atoms with Gasteiger partial charge in [0.05, 0.1) is 0 Å². The van der Waals surface area contributed by atoms with E-state index in [1.54, 1.807) is 18.0 Å². The van der Waals surface area contributed by atoms with Crippen molar-refractivity contribution in [2.45, 2.75) is 6.54 Å². The number of aromatic nitrogens is 1. The van der Waals surface area contributed by atoms with Gasteiger partial charge in [0.15, 0.2) is 0 Å². The van der Waals surface area contributed by atoms with E-state index in [0.29, 0.717) is 12.1 Å². The number of rotatable bonds is 3. The summed E-state index contributed by atoms with van der Waals surface area (Å²) in [6.45, 7) is 0.532. The molecule has 4 heteroatoms. The Kier molecular flexibility index (Phi) is 3.89. The van der Waals surface area contributed by atoms with Crippen LogP contribution < -0.4 is 0 Å². The average Bonchev–Trinajstić information content (AvgIpc) is 2.47. The molecule has 1 aromatic heterocycles. The summed E-state index contributed by atoms with van der Waals surface area (Å²) in [4.78, 5) is 17.7. The molecule has 0 N–H and O–H groups in total. The average molecular weight is 251 g/mol. The first-order chi connectivity index (χ1) is 9.20. The molecule has 4 nitrogen and oxygen atoms in total. The second-order valence-corrected chi connectivity index (χ2v) is 4.19. The standard InChI is InChI=1S/C15H13N3O/c1-18(11-12-5-3-2-4-6-12)15(19)13-7-8-17-14(9-13)10-16/h2-9H,11H2,1H3. The van der Waals surface area contributed by atoms with Gasteiger partial charge < -0.3 is 4.90 Å². The van der Waals surface area contributed by atoms with Crippen molar-refractivity contribution in [1.82, 2.24) is 9.88 Å². The molecule has 94 valence electrons. The predicted molar refractivity (Wildman–Crippen MR) is 71.2 cm³/mol. The zero-order chi connectivity index (χ0) is 13.7. The van der Waals surface area contributed by atoms with Crippen LogP contribution in [0.5, 0.6) is 0 Å². The molecule has 0 radical (unpaired) electrons. The summed E-state index contributed by atoms with van der Waals surface area (Å²) in [7, 11) is 1.74. The van der Waals surface area contributed by atoms with Gasteiger partial charge in [0, 0.05) is 25.4 Å². The largest absolute Gasteiger partial charge is 0.337 e. The van der Waals surface area contributed by atoms with Crippen LogP contribution in [0.15, 0.2) is 48.7 Å². The number of hydrogen-bond acceptors (Lipinski definition) is 3. The Morgan fingerprint density at radius 1 is 1.32 bits per heavy atom. The number of pyridine rings is 1. The third-order valence-corrected chi connectivity index (χ3v) is 2.73. The molecule has 19 heavy (non-hydrogen) atoms. The van der Waals surface area contributed by atoms with E-state index in [1.807, 2.05) is 36.4 Å². The maximum absolute atomic E-state index is 12.2. The van der Waals surface area contributed by atoms with E-state index in [4.69, 9.17) is 5.26 Å². The Labute approximate surface area is 111 Å². The lowest BCUT2D eigenvalue weighted by Gasteiger charge is -2.17. The van der Waals surface area contributed by atoms with Crippen LogP contribution in [0.25, 0.3) is 0 Å². The third kappa shape index (κ3) is 3.17. The van der Waals surface area contributed by atoms with Crippen molar-refractivity contribution in [3.05, 3.63) is 65.5 Å². The smallest absolute Gasteiger partial charge is 0.254 e. The molecule has 0 aliphatic carbocycles. The van der Waals surface area contributed by atoms with Gasteiger partial charge in [0.25, 0.3) is 5.91 Å². The van der Waals surface area contributed by atoms with E-state index in [0.717, 1.165) is 5.56 Å².